The highest BCUT2D eigenvalue weighted by Crippen LogP contribution is 2.18. The summed E-state index contributed by atoms with van der Waals surface area (Å²) in [5.41, 5.74) is -0.557. The zero-order valence-corrected chi connectivity index (χ0v) is 14.9. The van der Waals surface area contributed by atoms with E-state index in [1.165, 1.54) is 12.1 Å². The molecule has 1 aromatic carbocycles. The fraction of sp³-hybridized carbons (Fsp3) is 0.562. The molecular formula is C16H23FN2O4S. The molecule has 0 aliphatic carbocycles. The largest absolute Gasteiger partial charge is 0.444 e. The number of ether oxygens (including phenoxy) is 1. The molecule has 1 aliphatic rings. The molecule has 1 aromatic rings. The highest BCUT2D eigenvalue weighted by molar-refractivity contribution is 7.89. The van der Waals surface area contributed by atoms with Gasteiger partial charge in [-0.3, -0.25) is 0 Å². The van der Waals surface area contributed by atoms with Crippen molar-refractivity contribution < 1.29 is 22.3 Å². The molecule has 6 nitrogen and oxygen atoms in total. The van der Waals surface area contributed by atoms with Gasteiger partial charge in [0.05, 0.1) is 4.90 Å². The number of halogens is 1. The summed E-state index contributed by atoms with van der Waals surface area (Å²) in [4.78, 5) is 13.6. The van der Waals surface area contributed by atoms with Crippen LogP contribution in [-0.2, 0) is 14.8 Å². The molecule has 1 heterocycles. The highest BCUT2D eigenvalue weighted by atomic mass is 32.2. The van der Waals surface area contributed by atoms with E-state index in [0.29, 0.717) is 25.9 Å². The zero-order valence-electron chi connectivity index (χ0n) is 14.1. The van der Waals surface area contributed by atoms with Gasteiger partial charge in [-0.05, 0) is 57.9 Å². The SMILES string of the molecule is CC(C)(C)OC(=O)N1CCC(NS(=O)(=O)c2ccc(F)cc2)CC1. The van der Waals surface area contributed by atoms with Crippen molar-refractivity contribution in [3.05, 3.63) is 30.1 Å². The maximum atomic E-state index is 12.9. The van der Waals surface area contributed by atoms with Gasteiger partial charge in [-0.2, -0.15) is 0 Å². The average Bonchev–Trinajstić information content (AvgIpc) is 2.46. The predicted octanol–water partition coefficient (Wildman–Crippen LogP) is 2.50. The van der Waals surface area contributed by atoms with Gasteiger partial charge in [0.15, 0.2) is 0 Å². The van der Waals surface area contributed by atoms with Crippen LogP contribution < -0.4 is 4.72 Å². The fourth-order valence-electron chi connectivity index (χ4n) is 2.41. The number of amides is 1. The molecule has 1 N–H and O–H groups in total. The van der Waals surface area contributed by atoms with Crippen LogP contribution in [0.3, 0.4) is 0 Å². The summed E-state index contributed by atoms with van der Waals surface area (Å²) < 4.78 is 45.4. The first kappa shape index (κ1) is 18.7. The number of likely N-dealkylation sites (tertiary alicyclic amines) is 1. The molecule has 0 atom stereocenters. The molecule has 0 spiro atoms. The van der Waals surface area contributed by atoms with Crippen LogP contribution in [0.5, 0.6) is 0 Å². The van der Waals surface area contributed by atoms with Crippen LogP contribution in [0.4, 0.5) is 9.18 Å². The number of hydrogen-bond donors (Lipinski definition) is 1. The molecule has 0 unspecified atom stereocenters. The number of carbonyl (C=O) groups is 1. The van der Waals surface area contributed by atoms with Gasteiger partial charge >= 0.3 is 6.09 Å². The number of hydrogen-bond acceptors (Lipinski definition) is 4. The molecule has 24 heavy (non-hydrogen) atoms. The second-order valence-electron chi connectivity index (χ2n) is 6.82. The minimum Gasteiger partial charge on any atom is -0.444 e. The quantitative estimate of drug-likeness (QED) is 0.901. The minimum absolute atomic E-state index is 0.0264. The Labute approximate surface area is 142 Å². The standard InChI is InChI=1S/C16H23FN2O4S/c1-16(2,3)23-15(20)19-10-8-13(9-11-19)18-24(21,22)14-6-4-12(17)5-7-14/h4-7,13,18H,8-11H2,1-3H3. The lowest BCUT2D eigenvalue weighted by Gasteiger charge is -2.33. The van der Waals surface area contributed by atoms with E-state index in [2.05, 4.69) is 4.72 Å². The third kappa shape index (κ3) is 5.17. The molecule has 0 saturated carbocycles. The monoisotopic (exact) mass is 358 g/mol. The van der Waals surface area contributed by atoms with E-state index in [-0.39, 0.29) is 17.0 Å². The Morgan fingerprint density at radius 3 is 2.25 bits per heavy atom. The molecule has 1 aliphatic heterocycles. The van der Waals surface area contributed by atoms with Crippen molar-refractivity contribution in [2.75, 3.05) is 13.1 Å². The molecule has 1 amide bonds. The number of rotatable bonds is 3. The second-order valence-corrected chi connectivity index (χ2v) is 8.53. The topological polar surface area (TPSA) is 75.7 Å². The van der Waals surface area contributed by atoms with Gasteiger partial charge in [0.2, 0.25) is 10.0 Å². The number of benzene rings is 1. The number of carbonyl (C=O) groups excluding carboxylic acids is 1. The van der Waals surface area contributed by atoms with Crippen molar-refractivity contribution in [3.8, 4) is 0 Å². The van der Waals surface area contributed by atoms with Crippen LogP contribution in [0.25, 0.3) is 0 Å². The van der Waals surface area contributed by atoms with Crippen molar-refractivity contribution in [3.63, 3.8) is 0 Å². The first-order valence-electron chi connectivity index (χ1n) is 7.83. The lowest BCUT2D eigenvalue weighted by Crippen LogP contribution is -2.47. The number of nitrogens with one attached hydrogen (secondary N) is 1. The lowest BCUT2D eigenvalue weighted by atomic mass is 10.1. The van der Waals surface area contributed by atoms with E-state index in [4.69, 9.17) is 4.74 Å². The maximum Gasteiger partial charge on any atom is 0.410 e. The number of nitrogens with zero attached hydrogens (tertiary/aromatic N) is 1. The third-order valence-corrected chi connectivity index (χ3v) is 5.13. The summed E-state index contributed by atoms with van der Waals surface area (Å²) in [6, 6.07) is 4.42. The third-order valence-electron chi connectivity index (χ3n) is 3.59. The van der Waals surface area contributed by atoms with E-state index in [9.17, 15) is 17.6 Å². The Hall–Kier alpha value is -1.67. The Morgan fingerprint density at radius 2 is 1.75 bits per heavy atom. The Bertz CT molecular complexity index is 675. The Kier molecular flexibility index (Phi) is 5.49. The van der Waals surface area contributed by atoms with Crippen LogP contribution in [0.15, 0.2) is 29.2 Å². The van der Waals surface area contributed by atoms with Gasteiger partial charge in [0, 0.05) is 19.1 Å². The first-order valence-corrected chi connectivity index (χ1v) is 9.31. The van der Waals surface area contributed by atoms with Crippen molar-refractivity contribution in [1.82, 2.24) is 9.62 Å². The summed E-state index contributed by atoms with van der Waals surface area (Å²) in [5, 5.41) is 0. The van der Waals surface area contributed by atoms with Gasteiger partial charge in [0.1, 0.15) is 11.4 Å². The molecule has 0 bridgehead atoms. The van der Waals surface area contributed by atoms with E-state index < -0.39 is 21.4 Å². The van der Waals surface area contributed by atoms with Crippen molar-refractivity contribution in [1.29, 1.82) is 0 Å². The summed E-state index contributed by atoms with van der Waals surface area (Å²) >= 11 is 0. The van der Waals surface area contributed by atoms with Crippen LogP contribution >= 0.6 is 0 Å². The normalized spacial score (nSPS) is 16.9. The summed E-state index contributed by atoms with van der Waals surface area (Å²) in [6.45, 7) is 6.24. The molecule has 2 rings (SSSR count). The zero-order chi connectivity index (χ0) is 18.0. The first-order chi connectivity index (χ1) is 11.1. The van der Waals surface area contributed by atoms with E-state index in [0.717, 1.165) is 12.1 Å². The maximum absolute atomic E-state index is 12.9. The molecule has 1 fully saturated rings. The lowest BCUT2D eigenvalue weighted by molar-refractivity contribution is 0.0203. The van der Waals surface area contributed by atoms with Crippen LogP contribution in [0.1, 0.15) is 33.6 Å². The second kappa shape index (κ2) is 7.06. The van der Waals surface area contributed by atoms with Gasteiger partial charge < -0.3 is 9.64 Å². The van der Waals surface area contributed by atoms with Gasteiger partial charge in [-0.25, -0.2) is 22.3 Å². The molecule has 8 heteroatoms. The molecule has 0 aromatic heterocycles. The summed E-state index contributed by atoms with van der Waals surface area (Å²) in [5.74, 6) is -0.486. The van der Waals surface area contributed by atoms with Crippen LogP contribution in [-0.4, -0.2) is 44.1 Å². The van der Waals surface area contributed by atoms with Crippen LogP contribution in [0, 0.1) is 5.82 Å². The molecule has 0 radical (unpaired) electrons. The van der Waals surface area contributed by atoms with Gasteiger partial charge in [-0.1, -0.05) is 0 Å². The van der Waals surface area contributed by atoms with E-state index in [1.54, 1.807) is 25.7 Å². The van der Waals surface area contributed by atoms with E-state index >= 15 is 0 Å². The van der Waals surface area contributed by atoms with Gasteiger partial charge in [0.25, 0.3) is 0 Å². The Balaban J connectivity index is 1.91. The smallest absolute Gasteiger partial charge is 0.410 e. The van der Waals surface area contributed by atoms with Crippen molar-refractivity contribution in [2.45, 2.75) is 50.2 Å². The predicted molar refractivity (Wildman–Crippen MR) is 87.6 cm³/mol. The van der Waals surface area contributed by atoms with Crippen molar-refractivity contribution in [2.24, 2.45) is 0 Å². The van der Waals surface area contributed by atoms with E-state index in [1.807, 2.05) is 0 Å². The molecule has 1 saturated heterocycles. The Morgan fingerprint density at radius 1 is 1.21 bits per heavy atom. The number of sulfonamides is 1. The highest BCUT2D eigenvalue weighted by Gasteiger charge is 2.29. The summed E-state index contributed by atoms with van der Waals surface area (Å²) in [7, 11) is -3.69. The van der Waals surface area contributed by atoms with Gasteiger partial charge in [-0.15, -0.1) is 0 Å². The fourth-order valence-corrected chi connectivity index (χ4v) is 3.71. The minimum atomic E-state index is -3.69. The molecule has 134 valence electrons. The molecular weight excluding hydrogens is 335 g/mol. The average molecular weight is 358 g/mol. The van der Waals surface area contributed by atoms with Crippen LogP contribution in [0.2, 0.25) is 0 Å². The summed E-state index contributed by atoms with van der Waals surface area (Å²) in [6.07, 6.45) is 0.613. The van der Waals surface area contributed by atoms with Crippen molar-refractivity contribution >= 4 is 16.1 Å². The number of piperidine rings is 1.